The summed E-state index contributed by atoms with van der Waals surface area (Å²) >= 11 is 0. The van der Waals surface area contributed by atoms with Gasteiger partial charge in [0, 0.05) is 74.9 Å². The highest BCUT2D eigenvalue weighted by Gasteiger charge is 2.28. The number of benzene rings is 2. The summed E-state index contributed by atoms with van der Waals surface area (Å²) in [5.41, 5.74) is 6.98. The molecule has 2 N–H and O–H groups in total. The summed E-state index contributed by atoms with van der Waals surface area (Å²) in [5.74, 6) is 0.807. The molecule has 2 fully saturated rings. The number of morpholine rings is 1. The summed E-state index contributed by atoms with van der Waals surface area (Å²) in [5, 5.41) is 16.2. The lowest BCUT2D eigenvalue weighted by molar-refractivity contribution is 0.0342. The zero-order valence-electron chi connectivity index (χ0n) is 23.7. The average Bonchev–Trinajstić information content (AvgIpc) is 3.78. The molecule has 1 amide bonds. The van der Waals surface area contributed by atoms with Crippen LogP contribution in [0.5, 0.6) is 0 Å². The summed E-state index contributed by atoms with van der Waals surface area (Å²) in [6.07, 6.45) is 6.47. The molecule has 0 unspecified atom stereocenters. The van der Waals surface area contributed by atoms with Crippen molar-refractivity contribution < 1.29 is 9.53 Å². The SMILES string of the molecule is Cn1cc(-c2cnc3[nH]nc(N[C@@H]4CCN(C(=O)c5ccc(-c6ccc(CN7CCOCC7)cc6)cc5)C4)c3c2)cn1. The van der Waals surface area contributed by atoms with E-state index in [4.69, 9.17) is 4.74 Å². The number of likely N-dealkylation sites (tertiary alicyclic amines) is 1. The minimum Gasteiger partial charge on any atom is -0.379 e. The number of anilines is 1. The Balaban J connectivity index is 0.975. The molecule has 2 saturated heterocycles. The third-order valence-corrected chi connectivity index (χ3v) is 8.20. The van der Waals surface area contributed by atoms with E-state index in [9.17, 15) is 4.79 Å². The van der Waals surface area contributed by atoms with Crippen molar-refractivity contribution in [2.24, 2.45) is 7.05 Å². The van der Waals surface area contributed by atoms with Gasteiger partial charge >= 0.3 is 0 Å². The quantitative estimate of drug-likeness (QED) is 0.307. The second-order valence-electron chi connectivity index (χ2n) is 11.1. The fourth-order valence-corrected chi connectivity index (χ4v) is 5.81. The molecular formula is C32H34N8O2. The van der Waals surface area contributed by atoms with Crippen LogP contribution in [0.25, 0.3) is 33.3 Å². The van der Waals surface area contributed by atoms with Crippen LogP contribution in [0.1, 0.15) is 22.3 Å². The number of aromatic nitrogens is 5. The Kier molecular flexibility index (Phi) is 7.15. The molecule has 10 heteroatoms. The molecule has 3 aromatic heterocycles. The first kappa shape index (κ1) is 26.4. The lowest BCUT2D eigenvalue weighted by Gasteiger charge is -2.26. The van der Waals surface area contributed by atoms with Crippen molar-refractivity contribution in [3.05, 3.63) is 84.3 Å². The van der Waals surface area contributed by atoms with Crippen LogP contribution in [0.3, 0.4) is 0 Å². The third-order valence-electron chi connectivity index (χ3n) is 8.20. The first-order valence-corrected chi connectivity index (χ1v) is 14.5. The first-order chi connectivity index (χ1) is 20.6. The van der Waals surface area contributed by atoms with Gasteiger partial charge in [-0.3, -0.25) is 19.5 Å². The molecule has 0 saturated carbocycles. The van der Waals surface area contributed by atoms with Crippen LogP contribution in [-0.2, 0) is 18.3 Å². The van der Waals surface area contributed by atoms with E-state index in [2.05, 4.69) is 60.8 Å². The summed E-state index contributed by atoms with van der Waals surface area (Å²) in [6.45, 7) is 5.85. The summed E-state index contributed by atoms with van der Waals surface area (Å²) in [7, 11) is 1.90. The number of fused-ring (bicyclic) bond motifs is 1. The van der Waals surface area contributed by atoms with Crippen LogP contribution in [0, 0.1) is 0 Å². The number of hydrogen-bond donors (Lipinski definition) is 2. The predicted octanol–water partition coefficient (Wildman–Crippen LogP) is 4.18. The predicted molar refractivity (Wildman–Crippen MR) is 162 cm³/mol. The number of pyridine rings is 1. The lowest BCUT2D eigenvalue weighted by atomic mass is 10.0. The van der Waals surface area contributed by atoms with Crippen LogP contribution >= 0.6 is 0 Å². The Bertz CT molecular complexity index is 1690. The van der Waals surface area contributed by atoms with E-state index in [-0.39, 0.29) is 11.9 Å². The normalized spacial score (nSPS) is 17.6. The van der Waals surface area contributed by atoms with Gasteiger partial charge in [0.15, 0.2) is 11.5 Å². The van der Waals surface area contributed by atoms with E-state index >= 15 is 0 Å². The number of rotatable bonds is 7. The van der Waals surface area contributed by atoms with Gasteiger partial charge in [0.2, 0.25) is 0 Å². The molecule has 2 aliphatic rings. The van der Waals surface area contributed by atoms with Crippen LogP contribution in [0.15, 0.2) is 73.2 Å². The molecule has 5 heterocycles. The highest BCUT2D eigenvalue weighted by atomic mass is 16.5. The minimum atomic E-state index is 0.0547. The summed E-state index contributed by atoms with van der Waals surface area (Å²) in [4.78, 5) is 22.2. The van der Waals surface area contributed by atoms with Gasteiger partial charge in [0.1, 0.15) is 0 Å². The van der Waals surface area contributed by atoms with E-state index in [0.717, 1.165) is 78.4 Å². The number of H-pyrrole nitrogens is 1. The molecule has 7 rings (SSSR count). The number of aromatic amines is 1. The van der Waals surface area contributed by atoms with Crippen LogP contribution in [0.4, 0.5) is 5.82 Å². The number of aryl methyl sites for hydroxylation is 1. The van der Waals surface area contributed by atoms with Gasteiger partial charge in [-0.15, -0.1) is 0 Å². The van der Waals surface area contributed by atoms with E-state index in [1.54, 1.807) is 4.68 Å². The number of nitrogens with one attached hydrogen (secondary N) is 2. The maximum absolute atomic E-state index is 13.3. The van der Waals surface area contributed by atoms with Gasteiger partial charge in [0.05, 0.1) is 24.8 Å². The van der Waals surface area contributed by atoms with Crippen molar-refractivity contribution in [3.8, 4) is 22.3 Å². The fraction of sp³-hybridized carbons (Fsp3) is 0.312. The number of carbonyl (C=O) groups excluding carboxylic acids is 1. The maximum atomic E-state index is 13.3. The van der Waals surface area contributed by atoms with Gasteiger partial charge < -0.3 is 15.0 Å². The Morgan fingerprint density at radius 2 is 1.74 bits per heavy atom. The molecule has 0 radical (unpaired) electrons. The minimum absolute atomic E-state index is 0.0547. The zero-order chi connectivity index (χ0) is 28.5. The van der Waals surface area contributed by atoms with Crippen LogP contribution < -0.4 is 5.32 Å². The summed E-state index contributed by atoms with van der Waals surface area (Å²) in [6, 6.07) is 18.9. The number of hydrogen-bond acceptors (Lipinski definition) is 7. The molecule has 0 spiro atoms. The van der Waals surface area contributed by atoms with Gasteiger partial charge in [-0.25, -0.2) is 4.98 Å². The second kappa shape index (κ2) is 11.4. The van der Waals surface area contributed by atoms with Crippen molar-refractivity contribution in [2.75, 3.05) is 44.7 Å². The number of amides is 1. The van der Waals surface area contributed by atoms with E-state index in [0.29, 0.717) is 18.7 Å². The molecule has 214 valence electrons. The zero-order valence-corrected chi connectivity index (χ0v) is 23.7. The molecule has 0 aliphatic carbocycles. The number of carbonyl (C=O) groups is 1. The molecule has 42 heavy (non-hydrogen) atoms. The number of ether oxygens (including phenoxy) is 1. The van der Waals surface area contributed by atoms with E-state index < -0.39 is 0 Å². The maximum Gasteiger partial charge on any atom is 0.253 e. The Morgan fingerprint density at radius 1 is 0.976 bits per heavy atom. The molecule has 1 atom stereocenters. The Labute approximate surface area is 244 Å². The second-order valence-corrected chi connectivity index (χ2v) is 11.1. The van der Waals surface area contributed by atoms with E-state index in [1.165, 1.54) is 5.56 Å². The molecule has 0 bridgehead atoms. The first-order valence-electron chi connectivity index (χ1n) is 14.5. The molecule has 5 aromatic rings. The van der Waals surface area contributed by atoms with Crippen LogP contribution in [-0.4, -0.2) is 86.1 Å². The van der Waals surface area contributed by atoms with E-state index in [1.807, 2.05) is 54.8 Å². The van der Waals surface area contributed by atoms with Gasteiger partial charge in [0.25, 0.3) is 5.91 Å². The molecule has 2 aliphatic heterocycles. The Morgan fingerprint density at radius 3 is 2.48 bits per heavy atom. The van der Waals surface area contributed by atoms with Crippen molar-refractivity contribution >= 4 is 22.8 Å². The molecular weight excluding hydrogens is 528 g/mol. The Hall–Kier alpha value is -4.54. The van der Waals surface area contributed by atoms with Crippen LogP contribution in [0.2, 0.25) is 0 Å². The third kappa shape index (κ3) is 5.50. The number of nitrogens with zero attached hydrogens (tertiary/aromatic N) is 6. The van der Waals surface area contributed by atoms with Crippen molar-refractivity contribution in [1.82, 2.24) is 34.8 Å². The van der Waals surface area contributed by atoms with Gasteiger partial charge in [-0.1, -0.05) is 36.4 Å². The van der Waals surface area contributed by atoms with Crippen molar-refractivity contribution in [2.45, 2.75) is 19.0 Å². The molecule has 2 aromatic carbocycles. The lowest BCUT2D eigenvalue weighted by Crippen LogP contribution is -2.35. The highest BCUT2D eigenvalue weighted by molar-refractivity contribution is 5.95. The highest BCUT2D eigenvalue weighted by Crippen LogP contribution is 2.28. The smallest absolute Gasteiger partial charge is 0.253 e. The largest absolute Gasteiger partial charge is 0.379 e. The average molecular weight is 563 g/mol. The van der Waals surface area contributed by atoms with Crippen molar-refractivity contribution in [1.29, 1.82) is 0 Å². The van der Waals surface area contributed by atoms with Gasteiger partial charge in [-0.05, 0) is 41.3 Å². The standard InChI is InChI=1S/C32H34N8O2/c1-38-20-27(18-34-38)26-16-29-30(33-17-26)36-37-31(29)35-28-10-11-40(21-28)32(41)25-8-6-24(7-9-25)23-4-2-22(3-5-23)19-39-12-14-42-15-13-39/h2-9,16-18,20,28H,10-15,19,21H2,1H3,(H2,33,35,36,37)/t28-/m1/s1. The van der Waals surface area contributed by atoms with Crippen molar-refractivity contribution in [3.63, 3.8) is 0 Å². The molecule has 10 nitrogen and oxygen atoms in total. The monoisotopic (exact) mass is 562 g/mol. The summed E-state index contributed by atoms with van der Waals surface area (Å²) < 4.78 is 7.23. The fourth-order valence-electron chi connectivity index (χ4n) is 5.81. The topological polar surface area (TPSA) is 104 Å². The van der Waals surface area contributed by atoms with Gasteiger partial charge in [-0.2, -0.15) is 10.2 Å².